The van der Waals surface area contributed by atoms with Gasteiger partial charge in [-0.3, -0.25) is 23.5 Å². The molecule has 0 aliphatic heterocycles. The van der Waals surface area contributed by atoms with Gasteiger partial charge in [0.25, 0.3) is 0 Å². The second-order valence-electron chi connectivity index (χ2n) is 34.2. The molecular formula is C110H135F5O15S5. The summed E-state index contributed by atoms with van der Waals surface area (Å²) >= 11 is 21.1. The summed E-state index contributed by atoms with van der Waals surface area (Å²) in [6, 6.07) is 74.7. The second kappa shape index (κ2) is 61.9. The molecule has 0 amide bonds. The van der Waals surface area contributed by atoms with Gasteiger partial charge in [-0.2, -0.15) is 0 Å². The average Bonchev–Trinajstić information content (AvgIpc) is 0.854. The lowest BCUT2D eigenvalue weighted by molar-refractivity contribution is 0.0250. The quantitative estimate of drug-likeness (QED) is 0.0124. The molecular weight excluding hydrogens is 1820 g/mol. The highest BCUT2D eigenvalue weighted by Gasteiger charge is 2.29. The summed E-state index contributed by atoms with van der Waals surface area (Å²) in [7, 11) is 0. The number of thiol groups is 5. The van der Waals surface area contributed by atoms with Gasteiger partial charge in [-0.05, 0) is 400 Å². The Morgan fingerprint density at radius 2 is 0.326 bits per heavy atom. The monoisotopic (exact) mass is 1950 g/mol. The first-order valence-corrected chi connectivity index (χ1v) is 49.1. The van der Waals surface area contributed by atoms with Crippen molar-refractivity contribution in [2.45, 2.75) is 280 Å². The first-order chi connectivity index (χ1) is 63.3. The highest BCUT2D eigenvalue weighted by Crippen LogP contribution is 2.40. The van der Waals surface area contributed by atoms with Gasteiger partial charge in [-0.1, -0.05) is 95.3 Å². The Labute approximate surface area is 822 Å². The molecule has 5 saturated carbocycles. The van der Waals surface area contributed by atoms with Crippen LogP contribution in [0, 0.1) is 0 Å². The number of ether oxygens (including phenoxy) is 10. The molecule has 10 aromatic rings. The van der Waals surface area contributed by atoms with Gasteiger partial charge in [-0.25, -0.2) is 24.0 Å². The molecule has 15 rings (SSSR count). The highest BCUT2D eigenvalue weighted by atomic mass is 32.1. The Morgan fingerprint density at radius 3 is 0.444 bits per heavy atom. The zero-order valence-corrected chi connectivity index (χ0v) is 82.5. The molecule has 0 spiro atoms. The molecule has 0 N–H and O–H groups in total. The molecule has 0 saturated heterocycles. The van der Waals surface area contributed by atoms with E-state index < -0.39 is 0 Å². The topological polar surface area (TPSA) is 178 Å². The van der Waals surface area contributed by atoms with Crippen LogP contribution >= 0.6 is 63.1 Å². The van der Waals surface area contributed by atoms with Crippen LogP contribution in [0.5, 0.6) is 28.7 Å². The molecule has 135 heavy (non-hydrogen) atoms. The van der Waals surface area contributed by atoms with E-state index >= 15 is 0 Å². The Morgan fingerprint density at radius 1 is 0.200 bits per heavy atom. The van der Waals surface area contributed by atoms with E-state index in [9.17, 15) is 24.0 Å². The van der Waals surface area contributed by atoms with Crippen LogP contribution in [0.1, 0.15) is 304 Å². The minimum absolute atomic E-state index is 0. The molecule has 10 aromatic carbocycles. The Kier molecular flexibility index (Phi) is 52.4. The largest absolute Gasteiger partial charge is 0.423 e. The molecule has 5 aliphatic rings. The third-order valence-corrected chi connectivity index (χ3v) is 26.0. The molecule has 15 nitrogen and oxygen atoms in total. The number of hydrogen-bond acceptors (Lipinski definition) is 20. The zero-order valence-electron chi connectivity index (χ0n) is 78.0. The van der Waals surface area contributed by atoms with Crippen LogP contribution in [0.4, 0.5) is 23.5 Å². The smallest absolute Gasteiger partial charge is 0.343 e. The summed E-state index contributed by atoms with van der Waals surface area (Å²) in [5.41, 5.74) is 9.37. The standard InChI is InChI=1S/5C22H26O3S.5FH/c5*1-2-15-24-19-9-7-17(8-10-19)16-3-5-18(6-4-16)22(23)25-20-11-13-21(26)14-12-20;;;;;/h5*3-6,11-14,17,19,26H,2,7-10,15H2,1H3;5*1H. The fraction of sp³-hybridized carbons (Fsp3) is 0.409. The number of carbonyl (C=O) groups excluding carboxylic acids is 5. The predicted molar refractivity (Wildman–Crippen MR) is 544 cm³/mol. The van der Waals surface area contributed by atoms with Crippen LogP contribution in [0.3, 0.4) is 0 Å². The van der Waals surface area contributed by atoms with Gasteiger partial charge in [-0.15, -0.1) is 63.1 Å². The predicted octanol–water partition coefficient (Wildman–Crippen LogP) is 29.0. The Bertz CT molecular complexity index is 4270. The number of benzene rings is 10. The van der Waals surface area contributed by atoms with Crippen molar-refractivity contribution in [2.24, 2.45) is 0 Å². The summed E-state index contributed by atoms with van der Waals surface area (Å²) in [6.07, 6.45) is 30.2. The van der Waals surface area contributed by atoms with Crippen molar-refractivity contribution >= 4 is 93.0 Å². The lowest BCUT2D eigenvalue weighted by atomic mass is 9.82. The molecule has 0 unspecified atom stereocenters. The third-order valence-electron chi connectivity index (χ3n) is 24.5. The molecule has 5 aliphatic carbocycles. The summed E-state index contributed by atoms with van der Waals surface area (Å²) in [5, 5.41) is 0. The molecule has 730 valence electrons. The van der Waals surface area contributed by atoms with Crippen LogP contribution in [-0.4, -0.2) is 93.4 Å². The molecule has 0 radical (unpaired) electrons. The van der Waals surface area contributed by atoms with Crippen molar-refractivity contribution in [3.63, 3.8) is 0 Å². The molecule has 0 aromatic heterocycles. The minimum atomic E-state index is -0.333. The van der Waals surface area contributed by atoms with E-state index in [1.54, 1.807) is 121 Å². The maximum Gasteiger partial charge on any atom is 0.343 e. The fourth-order valence-corrected chi connectivity index (χ4v) is 17.8. The number of carbonyl (C=O) groups is 5. The van der Waals surface area contributed by atoms with E-state index in [0.717, 1.165) is 218 Å². The third kappa shape index (κ3) is 38.6. The highest BCUT2D eigenvalue weighted by molar-refractivity contribution is 7.81. The van der Waals surface area contributed by atoms with Crippen LogP contribution in [0.15, 0.2) is 267 Å². The SMILES string of the molecule is CCCOC1CCC(c2ccc(C(=O)Oc3ccc(S)cc3)cc2)CC1.CCCOC1CCC(c2ccc(C(=O)Oc3ccc(S)cc3)cc2)CC1.CCCOC1CCC(c2ccc(C(=O)Oc3ccc(S)cc3)cc2)CC1.CCCOC1CCC(c2ccc(C(=O)Oc3ccc(S)cc3)cc2)CC1.CCCOC1CCC(c2ccc(C(=O)Oc3ccc(S)cc3)cc2)CC1.F.F.F.F.F. The van der Waals surface area contributed by atoms with E-state index in [0.29, 0.717) is 117 Å². The summed E-state index contributed by atoms with van der Waals surface area (Å²) in [6.45, 7) is 15.1. The maximum absolute atomic E-state index is 12.3. The first-order valence-electron chi connectivity index (χ1n) is 46.9. The molecule has 5 fully saturated rings. The van der Waals surface area contributed by atoms with Crippen LogP contribution < -0.4 is 23.7 Å². The second-order valence-corrected chi connectivity index (χ2v) is 36.8. The number of esters is 5. The van der Waals surface area contributed by atoms with Crippen LogP contribution in [0.2, 0.25) is 0 Å². The first kappa shape index (κ1) is 114. The minimum Gasteiger partial charge on any atom is -0.423 e. The molecule has 0 atom stereocenters. The van der Waals surface area contributed by atoms with E-state index in [2.05, 4.69) is 158 Å². The zero-order chi connectivity index (χ0) is 91.8. The van der Waals surface area contributed by atoms with Crippen molar-refractivity contribution in [3.05, 3.63) is 298 Å². The van der Waals surface area contributed by atoms with Gasteiger partial charge in [0, 0.05) is 57.5 Å². The van der Waals surface area contributed by atoms with Crippen molar-refractivity contribution in [1.29, 1.82) is 0 Å². The normalized spacial score (nSPS) is 19.2. The Hall–Kier alpha value is -9.25. The van der Waals surface area contributed by atoms with E-state index in [1.807, 2.05) is 60.7 Å². The lowest BCUT2D eigenvalue weighted by Crippen LogP contribution is -2.21. The van der Waals surface area contributed by atoms with Crippen molar-refractivity contribution in [1.82, 2.24) is 0 Å². The summed E-state index contributed by atoms with van der Waals surface area (Å²) in [5.74, 6) is 3.78. The van der Waals surface area contributed by atoms with E-state index in [-0.39, 0.29) is 53.4 Å². The average molecular weight is 1950 g/mol. The Balaban J connectivity index is 0.000000257. The van der Waals surface area contributed by atoms with Gasteiger partial charge in [0.15, 0.2) is 0 Å². The van der Waals surface area contributed by atoms with Crippen molar-refractivity contribution in [2.75, 3.05) is 33.0 Å². The van der Waals surface area contributed by atoms with Gasteiger partial charge in [0.1, 0.15) is 28.7 Å². The van der Waals surface area contributed by atoms with Crippen LogP contribution in [0.25, 0.3) is 0 Å². The van der Waals surface area contributed by atoms with Gasteiger partial charge >= 0.3 is 29.8 Å². The number of hydrogen-bond donors (Lipinski definition) is 5. The van der Waals surface area contributed by atoms with E-state index in [4.69, 9.17) is 47.4 Å². The summed E-state index contributed by atoms with van der Waals surface area (Å²) in [4.78, 5) is 65.5. The molecule has 0 bridgehead atoms. The van der Waals surface area contributed by atoms with Gasteiger partial charge in [0.05, 0.1) is 58.3 Å². The van der Waals surface area contributed by atoms with Gasteiger partial charge < -0.3 is 47.4 Å². The van der Waals surface area contributed by atoms with Crippen LogP contribution in [-0.2, 0) is 23.7 Å². The van der Waals surface area contributed by atoms with Crippen molar-refractivity contribution in [3.8, 4) is 28.7 Å². The lowest BCUT2D eigenvalue weighted by Gasteiger charge is -2.28. The number of rotatable bonds is 30. The molecule has 0 heterocycles. The molecule has 25 heteroatoms. The number of halogens is 5. The fourth-order valence-electron chi connectivity index (χ4n) is 17.1. The summed E-state index contributed by atoms with van der Waals surface area (Å²) < 4.78 is 56.3. The maximum atomic E-state index is 12.3. The van der Waals surface area contributed by atoms with E-state index in [1.165, 1.54) is 27.8 Å². The van der Waals surface area contributed by atoms with Crippen molar-refractivity contribution < 1.29 is 94.9 Å². The van der Waals surface area contributed by atoms with Gasteiger partial charge in [0.2, 0.25) is 0 Å².